The molecule has 0 aliphatic rings. The van der Waals surface area contributed by atoms with Gasteiger partial charge in [0.05, 0.1) is 19.3 Å². The second kappa shape index (κ2) is 9.13. The summed E-state index contributed by atoms with van der Waals surface area (Å²) >= 11 is 0. The molecule has 20 heavy (non-hydrogen) atoms. The van der Waals surface area contributed by atoms with Crippen LogP contribution in [-0.4, -0.2) is 33.9 Å². The highest BCUT2D eigenvalue weighted by molar-refractivity contribution is 5.58. The molecule has 0 spiro atoms. The maximum atomic E-state index is 9.09. The number of methoxy groups -OCH3 is 2. The van der Waals surface area contributed by atoms with Crippen LogP contribution in [0.4, 0.5) is 0 Å². The Morgan fingerprint density at radius 3 is 2.80 bits per heavy atom. The first-order chi connectivity index (χ1) is 9.74. The van der Waals surface area contributed by atoms with Crippen molar-refractivity contribution in [2.24, 2.45) is 0 Å². The van der Waals surface area contributed by atoms with Gasteiger partial charge < -0.3 is 14.8 Å². The van der Waals surface area contributed by atoms with Crippen molar-refractivity contribution in [3.8, 4) is 11.8 Å². The number of hydrogen-bond donors (Lipinski definition) is 1. The van der Waals surface area contributed by atoms with Gasteiger partial charge in [-0.05, 0) is 24.1 Å². The fraction of sp³-hybridized carbons (Fsp3) is 0.438. The zero-order chi connectivity index (χ0) is 14.8. The van der Waals surface area contributed by atoms with Crippen LogP contribution in [0.25, 0.3) is 6.08 Å². The third-order valence-corrected chi connectivity index (χ3v) is 3.00. The van der Waals surface area contributed by atoms with E-state index < -0.39 is 0 Å². The van der Waals surface area contributed by atoms with Crippen LogP contribution in [0.2, 0.25) is 0 Å². The van der Waals surface area contributed by atoms with Gasteiger partial charge >= 0.3 is 0 Å². The summed E-state index contributed by atoms with van der Waals surface area (Å²) < 4.78 is 10.1. The van der Waals surface area contributed by atoms with Gasteiger partial charge in [-0.1, -0.05) is 24.6 Å². The normalized spacial score (nSPS) is 11.2. The molecule has 0 unspecified atom stereocenters. The number of nitrogens with one attached hydrogen (secondary N) is 1. The zero-order valence-corrected chi connectivity index (χ0v) is 12.4. The first kappa shape index (κ1) is 16.2. The van der Waals surface area contributed by atoms with Crippen LogP contribution in [0.1, 0.15) is 24.5 Å². The highest BCUT2D eigenvalue weighted by Gasteiger charge is 2.03. The molecule has 0 heterocycles. The van der Waals surface area contributed by atoms with E-state index in [4.69, 9.17) is 14.7 Å². The van der Waals surface area contributed by atoms with E-state index in [0.29, 0.717) is 17.9 Å². The maximum Gasteiger partial charge on any atom is 0.136 e. The molecule has 4 nitrogen and oxygen atoms in total. The lowest BCUT2D eigenvalue weighted by molar-refractivity contribution is 0.200. The minimum absolute atomic E-state index is 0.559. The van der Waals surface area contributed by atoms with Crippen LogP contribution in [0, 0.1) is 11.3 Å². The standard InChI is InChI=1S/C16H22N2O2/c1-4-13(12-18-7-8-19-2)9-14-5-6-16(20-3)15(10-14)11-17/h5-6,9-10,18H,4,7-8,12H2,1-3H3. The van der Waals surface area contributed by atoms with E-state index in [2.05, 4.69) is 24.4 Å². The summed E-state index contributed by atoms with van der Waals surface area (Å²) in [5.41, 5.74) is 2.87. The first-order valence-electron chi connectivity index (χ1n) is 6.72. The Morgan fingerprint density at radius 1 is 1.40 bits per heavy atom. The summed E-state index contributed by atoms with van der Waals surface area (Å²) in [6.07, 6.45) is 3.08. The first-order valence-corrected chi connectivity index (χ1v) is 6.72. The quantitative estimate of drug-likeness (QED) is 0.740. The van der Waals surface area contributed by atoms with Crippen molar-refractivity contribution in [1.82, 2.24) is 5.32 Å². The Kier molecular flexibility index (Phi) is 7.41. The van der Waals surface area contributed by atoms with Crippen LogP contribution in [-0.2, 0) is 4.74 Å². The molecule has 1 aromatic rings. The van der Waals surface area contributed by atoms with Crippen molar-refractivity contribution in [1.29, 1.82) is 5.26 Å². The van der Waals surface area contributed by atoms with Crippen molar-refractivity contribution in [3.05, 3.63) is 34.9 Å². The van der Waals surface area contributed by atoms with Crippen molar-refractivity contribution in [3.63, 3.8) is 0 Å². The van der Waals surface area contributed by atoms with E-state index in [-0.39, 0.29) is 0 Å². The van der Waals surface area contributed by atoms with E-state index in [1.54, 1.807) is 14.2 Å². The second-order valence-electron chi connectivity index (χ2n) is 4.40. The molecule has 0 aliphatic heterocycles. The molecule has 1 rings (SSSR count). The van der Waals surface area contributed by atoms with Gasteiger partial charge in [0.2, 0.25) is 0 Å². The second-order valence-corrected chi connectivity index (χ2v) is 4.40. The minimum Gasteiger partial charge on any atom is -0.495 e. The lowest BCUT2D eigenvalue weighted by Gasteiger charge is -2.08. The summed E-state index contributed by atoms with van der Waals surface area (Å²) in [6, 6.07) is 7.79. The Bertz CT molecular complexity index is 490. The van der Waals surface area contributed by atoms with Crippen LogP contribution in [0.5, 0.6) is 5.75 Å². The monoisotopic (exact) mass is 274 g/mol. The predicted molar refractivity (Wildman–Crippen MR) is 80.7 cm³/mol. The molecular formula is C16H22N2O2. The molecule has 108 valence electrons. The Labute approximate surface area is 121 Å². The molecule has 0 radical (unpaired) electrons. The topological polar surface area (TPSA) is 54.3 Å². The number of rotatable bonds is 8. The number of ether oxygens (including phenoxy) is 2. The molecule has 0 amide bonds. The van der Waals surface area contributed by atoms with Crippen LogP contribution in [0.3, 0.4) is 0 Å². The number of benzene rings is 1. The summed E-state index contributed by atoms with van der Waals surface area (Å²) in [5, 5.41) is 12.4. The van der Waals surface area contributed by atoms with Crippen LogP contribution >= 0.6 is 0 Å². The lowest BCUT2D eigenvalue weighted by atomic mass is 10.1. The molecule has 0 atom stereocenters. The number of nitrogens with zero attached hydrogens (tertiary/aromatic N) is 1. The summed E-state index contributed by atoms with van der Waals surface area (Å²) in [4.78, 5) is 0. The van der Waals surface area contributed by atoms with Gasteiger partial charge in [0.15, 0.2) is 0 Å². The molecule has 0 saturated carbocycles. The maximum absolute atomic E-state index is 9.09. The van der Waals surface area contributed by atoms with Crippen LogP contribution in [0.15, 0.2) is 23.8 Å². The largest absolute Gasteiger partial charge is 0.495 e. The minimum atomic E-state index is 0.559. The van der Waals surface area contributed by atoms with Gasteiger partial charge in [-0.2, -0.15) is 5.26 Å². The molecule has 0 saturated heterocycles. The zero-order valence-electron chi connectivity index (χ0n) is 12.4. The average molecular weight is 274 g/mol. The Balaban J connectivity index is 2.77. The molecule has 4 heteroatoms. The van der Waals surface area contributed by atoms with E-state index in [0.717, 1.165) is 25.1 Å². The number of hydrogen-bond acceptors (Lipinski definition) is 4. The average Bonchev–Trinajstić information content (AvgIpc) is 2.50. The van der Waals surface area contributed by atoms with Crippen LogP contribution < -0.4 is 10.1 Å². The van der Waals surface area contributed by atoms with Gasteiger partial charge in [-0.25, -0.2) is 0 Å². The van der Waals surface area contributed by atoms with E-state index in [1.165, 1.54) is 5.57 Å². The van der Waals surface area contributed by atoms with Gasteiger partial charge in [0, 0.05) is 20.2 Å². The molecule has 1 aromatic carbocycles. The van der Waals surface area contributed by atoms with E-state index >= 15 is 0 Å². The van der Waals surface area contributed by atoms with E-state index in [9.17, 15) is 0 Å². The highest BCUT2D eigenvalue weighted by atomic mass is 16.5. The van der Waals surface area contributed by atoms with Gasteiger partial charge in [0.1, 0.15) is 11.8 Å². The molecule has 0 bridgehead atoms. The van der Waals surface area contributed by atoms with Crippen molar-refractivity contribution in [2.45, 2.75) is 13.3 Å². The van der Waals surface area contributed by atoms with Crippen molar-refractivity contribution in [2.75, 3.05) is 33.9 Å². The molecule has 0 fully saturated rings. The molecule has 1 N–H and O–H groups in total. The number of nitriles is 1. The SMILES string of the molecule is CCC(=Cc1ccc(OC)c(C#N)c1)CNCCOC. The van der Waals surface area contributed by atoms with Crippen molar-refractivity contribution < 1.29 is 9.47 Å². The smallest absolute Gasteiger partial charge is 0.136 e. The van der Waals surface area contributed by atoms with Gasteiger partial charge in [0.25, 0.3) is 0 Å². The van der Waals surface area contributed by atoms with Crippen molar-refractivity contribution >= 4 is 6.08 Å². The predicted octanol–water partition coefficient (Wildman–Crippen LogP) is 2.60. The Morgan fingerprint density at radius 2 is 2.20 bits per heavy atom. The molecule has 0 aliphatic carbocycles. The fourth-order valence-electron chi connectivity index (χ4n) is 1.84. The highest BCUT2D eigenvalue weighted by Crippen LogP contribution is 2.20. The molecule has 0 aromatic heterocycles. The van der Waals surface area contributed by atoms with E-state index in [1.807, 2.05) is 18.2 Å². The third-order valence-electron chi connectivity index (χ3n) is 3.00. The lowest BCUT2D eigenvalue weighted by Crippen LogP contribution is -2.21. The Hall–Kier alpha value is -1.83. The molecular weight excluding hydrogens is 252 g/mol. The fourth-order valence-corrected chi connectivity index (χ4v) is 1.84. The summed E-state index contributed by atoms with van der Waals surface area (Å²) in [5.74, 6) is 0.612. The van der Waals surface area contributed by atoms with Gasteiger partial charge in [-0.3, -0.25) is 0 Å². The van der Waals surface area contributed by atoms with Gasteiger partial charge in [-0.15, -0.1) is 0 Å². The third kappa shape index (κ3) is 5.04. The summed E-state index contributed by atoms with van der Waals surface area (Å²) in [6.45, 7) is 4.49. The summed E-state index contributed by atoms with van der Waals surface area (Å²) in [7, 11) is 3.27.